The molecule has 0 saturated carbocycles. The van der Waals surface area contributed by atoms with E-state index in [0.717, 1.165) is 39.5 Å². The molecule has 158 valence electrons. The Morgan fingerprint density at radius 2 is 1.94 bits per heavy atom. The molecule has 0 spiro atoms. The van der Waals surface area contributed by atoms with Crippen LogP contribution >= 0.6 is 11.8 Å². The molecule has 1 saturated heterocycles. The number of thioether (sulfide) groups is 1. The van der Waals surface area contributed by atoms with Crippen LogP contribution in [0.25, 0.3) is 17.0 Å². The highest BCUT2D eigenvalue weighted by Gasteiger charge is 2.35. The molecule has 1 fully saturated rings. The third-order valence-electron chi connectivity index (χ3n) is 5.46. The highest BCUT2D eigenvalue weighted by molar-refractivity contribution is 8.18. The van der Waals surface area contributed by atoms with Gasteiger partial charge in [-0.2, -0.15) is 0 Å². The van der Waals surface area contributed by atoms with E-state index < -0.39 is 4.92 Å². The van der Waals surface area contributed by atoms with E-state index in [4.69, 9.17) is 0 Å². The van der Waals surface area contributed by atoms with Crippen molar-refractivity contribution in [1.82, 2.24) is 9.47 Å². The zero-order valence-electron chi connectivity index (χ0n) is 17.1. The van der Waals surface area contributed by atoms with Gasteiger partial charge in [0.25, 0.3) is 16.8 Å². The van der Waals surface area contributed by atoms with E-state index in [2.05, 4.69) is 18.4 Å². The number of carbonyl (C=O) groups is 2. The zero-order valence-corrected chi connectivity index (χ0v) is 18.0. The van der Waals surface area contributed by atoms with Crippen molar-refractivity contribution in [3.8, 4) is 0 Å². The molecule has 31 heavy (non-hydrogen) atoms. The number of aromatic nitrogens is 1. The number of non-ortho nitro benzene ring substituents is 1. The highest BCUT2D eigenvalue weighted by Crippen LogP contribution is 2.36. The molecule has 8 heteroatoms. The van der Waals surface area contributed by atoms with Crippen LogP contribution in [0.3, 0.4) is 0 Å². The summed E-state index contributed by atoms with van der Waals surface area (Å²) in [6, 6.07) is 14.3. The number of nitrogens with zero attached hydrogens (tertiary/aromatic N) is 3. The number of benzene rings is 2. The van der Waals surface area contributed by atoms with Crippen molar-refractivity contribution < 1.29 is 14.5 Å². The van der Waals surface area contributed by atoms with Gasteiger partial charge in [-0.25, -0.2) is 0 Å². The van der Waals surface area contributed by atoms with Gasteiger partial charge in [0.1, 0.15) is 0 Å². The van der Waals surface area contributed by atoms with Crippen LogP contribution in [0.2, 0.25) is 0 Å². The summed E-state index contributed by atoms with van der Waals surface area (Å²) in [7, 11) is 0. The number of hydrogen-bond donors (Lipinski definition) is 0. The van der Waals surface area contributed by atoms with Crippen LogP contribution in [0.5, 0.6) is 0 Å². The van der Waals surface area contributed by atoms with Crippen molar-refractivity contribution in [2.75, 3.05) is 0 Å². The minimum atomic E-state index is -0.496. The average molecular weight is 436 g/mol. The van der Waals surface area contributed by atoms with E-state index in [9.17, 15) is 19.7 Å². The van der Waals surface area contributed by atoms with Crippen molar-refractivity contribution in [1.29, 1.82) is 0 Å². The van der Waals surface area contributed by atoms with E-state index in [1.807, 2.05) is 30.5 Å². The van der Waals surface area contributed by atoms with Crippen LogP contribution in [0, 0.1) is 10.1 Å². The Hall–Kier alpha value is -3.39. The largest absolute Gasteiger partial charge is 0.344 e. The van der Waals surface area contributed by atoms with Gasteiger partial charge in [0, 0.05) is 40.8 Å². The van der Waals surface area contributed by atoms with Crippen molar-refractivity contribution in [2.45, 2.75) is 32.9 Å². The van der Waals surface area contributed by atoms with Gasteiger partial charge >= 0.3 is 0 Å². The molecule has 1 aliphatic rings. The van der Waals surface area contributed by atoms with E-state index in [1.54, 1.807) is 18.2 Å². The molecule has 2 heterocycles. The van der Waals surface area contributed by atoms with Crippen LogP contribution in [-0.2, 0) is 11.3 Å². The Labute approximate surface area is 183 Å². The molecule has 1 aromatic heterocycles. The maximum atomic E-state index is 13.0. The Morgan fingerprint density at radius 3 is 2.68 bits per heavy atom. The minimum Gasteiger partial charge on any atom is -0.344 e. The Balaban J connectivity index is 1.65. The van der Waals surface area contributed by atoms with Crippen molar-refractivity contribution >= 4 is 45.6 Å². The first-order valence-electron chi connectivity index (χ1n) is 9.97. The number of nitro benzene ring substituents is 1. The van der Waals surface area contributed by atoms with E-state index in [1.165, 1.54) is 12.1 Å². The molecule has 0 radical (unpaired) electrons. The summed E-state index contributed by atoms with van der Waals surface area (Å²) in [6.07, 6.45) is 4.75. The predicted molar refractivity (Wildman–Crippen MR) is 122 cm³/mol. The second-order valence-corrected chi connectivity index (χ2v) is 8.45. The van der Waals surface area contributed by atoms with Gasteiger partial charge in [-0.05, 0) is 42.8 Å². The van der Waals surface area contributed by atoms with E-state index in [-0.39, 0.29) is 23.4 Å². The topological polar surface area (TPSA) is 85.4 Å². The smallest absolute Gasteiger partial charge is 0.293 e. The molecule has 1 atom stereocenters. The van der Waals surface area contributed by atoms with Crippen molar-refractivity contribution in [2.24, 2.45) is 0 Å². The molecule has 7 nitrogen and oxygen atoms in total. The number of nitro groups is 1. The lowest BCUT2D eigenvalue weighted by Crippen LogP contribution is -2.27. The van der Waals surface area contributed by atoms with Gasteiger partial charge in [0.05, 0.1) is 16.4 Å². The molecule has 0 bridgehead atoms. The lowest BCUT2D eigenvalue weighted by molar-refractivity contribution is -0.384. The molecule has 1 aliphatic heterocycles. The molecule has 2 amide bonds. The molecule has 0 aliphatic carbocycles. The van der Waals surface area contributed by atoms with E-state index in [0.29, 0.717) is 16.5 Å². The number of rotatable bonds is 6. The molecular weight excluding hydrogens is 414 g/mol. The summed E-state index contributed by atoms with van der Waals surface area (Å²) in [5.74, 6) is -0.387. The molecular formula is C23H21N3O4S. The van der Waals surface area contributed by atoms with Gasteiger partial charge in [0.15, 0.2) is 0 Å². The second-order valence-electron chi connectivity index (χ2n) is 7.46. The van der Waals surface area contributed by atoms with Crippen LogP contribution in [0.15, 0.2) is 59.6 Å². The molecule has 3 aromatic rings. The second kappa shape index (κ2) is 8.39. The fourth-order valence-electron chi connectivity index (χ4n) is 3.64. The maximum absolute atomic E-state index is 13.0. The lowest BCUT2D eigenvalue weighted by Gasteiger charge is -2.12. The first-order valence-corrected chi connectivity index (χ1v) is 10.8. The predicted octanol–water partition coefficient (Wildman–Crippen LogP) is 5.76. The average Bonchev–Trinajstić information content (AvgIpc) is 3.26. The summed E-state index contributed by atoms with van der Waals surface area (Å²) in [6.45, 7) is 4.26. The van der Waals surface area contributed by atoms with Crippen LogP contribution in [-0.4, -0.2) is 25.5 Å². The molecule has 4 rings (SSSR count). The monoisotopic (exact) mass is 435 g/mol. The number of para-hydroxylation sites is 1. The normalized spacial score (nSPS) is 16.5. The fourth-order valence-corrected chi connectivity index (χ4v) is 4.47. The Bertz CT molecular complexity index is 1230. The quantitative estimate of drug-likeness (QED) is 0.279. The van der Waals surface area contributed by atoms with Crippen molar-refractivity contribution in [3.63, 3.8) is 0 Å². The van der Waals surface area contributed by atoms with Gasteiger partial charge in [-0.15, -0.1) is 0 Å². The third-order valence-corrected chi connectivity index (χ3v) is 6.37. The molecule has 0 N–H and O–H groups in total. The number of imide groups is 1. The highest BCUT2D eigenvalue weighted by atomic mass is 32.2. The maximum Gasteiger partial charge on any atom is 0.293 e. The number of fused-ring (bicyclic) bond motifs is 1. The molecule has 1 unspecified atom stereocenters. The summed E-state index contributed by atoms with van der Waals surface area (Å²) >= 11 is 0.894. The number of carbonyl (C=O) groups excluding carboxylic acids is 2. The SMILES string of the molecule is CCC(C)n1cc(C=C2SC(=O)N(Cc3cccc([N+](=O)[O-])c3)C2=O)c2ccccc21. The third kappa shape index (κ3) is 3.98. The Kier molecular flexibility index (Phi) is 5.65. The number of amides is 2. The summed E-state index contributed by atoms with van der Waals surface area (Å²) in [5, 5.41) is 11.6. The summed E-state index contributed by atoms with van der Waals surface area (Å²) < 4.78 is 2.19. The fraction of sp³-hybridized carbons (Fsp3) is 0.217. The summed E-state index contributed by atoms with van der Waals surface area (Å²) in [5.41, 5.74) is 2.43. The van der Waals surface area contributed by atoms with Crippen LogP contribution in [0.1, 0.15) is 37.4 Å². The van der Waals surface area contributed by atoms with E-state index >= 15 is 0 Å². The van der Waals surface area contributed by atoms with Gasteiger partial charge in [-0.1, -0.05) is 37.3 Å². The zero-order chi connectivity index (χ0) is 22.1. The standard InChI is InChI=1S/C23H21N3O4S/c1-3-15(2)24-14-17(19-9-4-5-10-20(19)24)12-21-22(27)25(23(28)31-21)13-16-7-6-8-18(11-16)26(29)30/h4-12,14-15H,3,13H2,1-2H3. The van der Waals surface area contributed by atoms with Gasteiger partial charge in [-0.3, -0.25) is 24.6 Å². The van der Waals surface area contributed by atoms with Crippen molar-refractivity contribution in [3.05, 3.63) is 80.9 Å². The molecule has 2 aromatic carbocycles. The number of hydrogen-bond acceptors (Lipinski definition) is 5. The lowest BCUT2D eigenvalue weighted by atomic mass is 10.1. The summed E-state index contributed by atoms with van der Waals surface area (Å²) in [4.78, 5) is 37.4. The van der Waals surface area contributed by atoms with Crippen LogP contribution in [0.4, 0.5) is 10.5 Å². The van der Waals surface area contributed by atoms with Crippen LogP contribution < -0.4 is 0 Å². The Morgan fingerprint density at radius 1 is 1.16 bits per heavy atom. The first kappa shape index (κ1) is 20.9. The van der Waals surface area contributed by atoms with Gasteiger partial charge < -0.3 is 4.57 Å². The minimum absolute atomic E-state index is 0.00167. The first-order chi connectivity index (χ1) is 14.9. The van der Waals surface area contributed by atoms with Gasteiger partial charge in [0.2, 0.25) is 0 Å².